The van der Waals surface area contributed by atoms with Crippen molar-refractivity contribution < 1.29 is 4.74 Å². The highest BCUT2D eigenvalue weighted by molar-refractivity contribution is 9.10. The summed E-state index contributed by atoms with van der Waals surface area (Å²) < 4.78 is 6.60. The fraction of sp³-hybridized carbons (Fsp3) is 0.455. The van der Waals surface area contributed by atoms with E-state index < -0.39 is 0 Å². The van der Waals surface area contributed by atoms with Crippen molar-refractivity contribution in [2.24, 2.45) is 0 Å². The summed E-state index contributed by atoms with van der Waals surface area (Å²) in [5.74, 6) is 0. The second-order valence-electron chi connectivity index (χ2n) is 3.52. The largest absolute Gasteiger partial charge is 0.379 e. The molecule has 14 heavy (non-hydrogen) atoms. The van der Waals surface area contributed by atoms with Crippen LogP contribution >= 0.6 is 15.9 Å². The molecule has 1 aliphatic rings. The van der Waals surface area contributed by atoms with Crippen LogP contribution in [0.1, 0.15) is 18.0 Å². The minimum atomic E-state index is 0.300. The Morgan fingerprint density at radius 2 is 2.21 bits per heavy atom. The van der Waals surface area contributed by atoms with Crippen LogP contribution < -0.4 is 5.32 Å². The Morgan fingerprint density at radius 3 is 2.93 bits per heavy atom. The lowest BCUT2D eigenvalue weighted by Crippen LogP contribution is -2.22. The summed E-state index contributed by atoms with van der Waals surface area (Å²) in [6.45, 7) is 1.03. The second-order valence-corrected chi connectivity index (χ2v) is 4.37. The highest BCUT2D eigenvalue weighted by atomic mass is 79.9. The molecule has 1 saturated heterocycles. The zero-order valence-corrected chi connectivity index (χ0v) is 9.75. The maximum Gasteiger partial charge on any atom is 0.0778 e. The second kappa shape index (κ2) is 4.43. The molecule has 0 aliphatic carbocycles. The molecule has 1 heterocycles. The van der Waals surface area contributed by atoms with Gasteiger partial charge in [0.25, 0.3) is 0 Å². The Balaban J connectivity index is 2.26. The first kappa shape index (κ1) is 10.1. The molecule has 1 aromatic carbocycles. The van der Waals surface area contributed by atoms with Crippen molar-refractivity contribution in [3.8, 4) is 0 Å². The predicted octanol–water partition coefficient (Wildman–Crippen LogP) is 2.50. The molecule has 2 atom stereocenters. The Kier molecular flexibility index (Phi) is 3.21. The van der Waals surface area contributed by atoms with Gasteiger partial charge < -0.3 is 10.1 Å². The van der Waals surface area contributed by atoms with E-state index in [1.807, 2.05) is 6.07 Å². The van der Waals surface area contributed by atoms with E-state index >= 15 is 0 Å². The summed E-state index contributed by atoms with van der Waals surface area (Å²) >= 11 is 3.57. The molecule has 0 bridgehead atoms. The van der Waals surface area contributed by atoms with Crippen molar-refractivity contribution in [1.29, 1.82) is 0 Å². The van der Waals surface area contributed by atoms with Crippen LogP contribution in [0.2, 0.25) is 0 Å². The van der Waals surface area contributed by atoms with Crippen molar-refractivity contribution >= 4 is 15.9 Å². The van der Waals surface area contributed by atoms with Crippen molar-refractivity contribution in [2.45, 2.75) is 18.6 Å². The molecular formula is C11H14BrNO. The third kappa shape index (κ3) is 1.85. The summed E-state index contributed by atoms with van der Waals surface area (Å²) in [7, 11) is 1.78. The smallest absolute Gasteiger partial charge is 0.0778 e. The van der Waals surface area contributed by atoms with E-state index in [9.17, 15) is 0 Å². The van der Waals surface area contributed by atoms with Gasteiger partial charge in [-0.2, -0.15) is 0 Å². The Bertz CT molecular complexity index is 316. The molecule has 1 aliphatic heterocycles. The van der Waals surface area contributed by atoms with Crippen molar-refractivity contribution in [3.63, 3.8) is 0 Å². The first-order valence-electron chi connectivity index (χ1n) is 4.83. The normalized spacial score (nSPS) is 26.7. The summed E-state index contributed by atoms with van der Waals surface area (Å²) in [4.78, 5) is 0. The van der Waals surface area contributed by atoms with Gasteiger partial charge in [-0.1, -0.05) is 34.1 Å². The third-order valence-electron chi connectivity index (χ3n) is 2.71. The van der Waals surface area contributed by atoms with E-state index in [-0.39, 0.29) is 0 Å². The Labute approximate surface area is 92.8 Å². The maximum absolute atomic E-state index is 5.45. The van der Waals surface area contributed by atoms with Crippen LogP contribution in [0.15, 0.2) is 28.7 Å². The van der Waals surface area contributed by atoms with Crippen LogP contribution in [0, 0.1) is 0 Å². The molecule has 76 valence electrons. The quantitative estimate of drug-likeness (QED) is 0.877. The zero-order chi connectivity index (χ0) is 9.97. The highest BCUT2D eigenvalue weighted by Crippen LogP contribution is 2.30. The maximum atomic E-state index is 5.45. The SMILES string of the molecule is COC1CCNC1c1ccccc1Br. The lowest BCUT2D eigenvalue weighted by molar-refractivity contribution is 0.0918. The molecule has 2 unspecified atom stereocenters. The molecule has 0 spiro atoms. The van der Waals surface area contributed by atoms with Crippen molar-refractivity contribution in [3.05, 3.63) is 34.3 Å². The number of hydrogen-bond donors (Lipinski definition) is 1. The average Bonchev–Trinajstić information content (AvgIpc) is 2.66. The van der Waals surface area contributed by atoms with Crippen LogP contribution in [-0.2, 0) is 4.74 Å². The van der Waals surface area contributed by atoms with E-state index in [2.05, 4.69) is 39.4 Å². The van der Waals surface area contributed by atoms with E-state index in [4.69, 9.17) is 4.74 Å². The van der Waals surface area contributed by atoms with Gasteiger partial charge in [0.1, 0.15) is 0 Å². The van der Waals surface area contributed by atoms with Crippen LogP contribution in [0.5, 0.6) is 0 Å². The van der Waals surface area contributed by atoms with Crippen LogP contribution in [0.3, 0.4) is 0 Å². The Hall–Kier alpha value is -0.380. The molecule has 0 aromatic heterocycles. The van der Waals surface area contributed by atoms with E-state index in [1.165, 1.54) is 5.56 Å². The van der Waals surface area contributed by atoms with Crippen molar-refractivity contribution in [2.75, 3.05) is 13.7 Å². The summed E-state index contributed by atoms with van der Waals surface area (Å²) in [5.41, 5.74) is 1.29. The molecule has 0 radical (unpaired) electrons. The number of benzene rings is 1. The summed E-state index contributed by atoms with van der Waals surface area (Å²) in [5, 5.41) is 3.46. The third-order valence-corrected chi connectivity index (χ3v) is 3.43. The van der Waals surface area contributed by atoms with Crippen LogP contribution in [-0.4, -0.2) is 19.8 Å². The van der Waals surface area contributed by atoms with Gasteiger partial charge >= 0.3 is 0 Å². The van der Waals surface area contributed by atoms with Gasteiger partial charge in [0, 0.05) is 11.6 Å². The van der Waals surface area contributed by atoms with E-state index in [0.29, 0.717) is 12.1 Å². The number of halogens is 1. The van der Waals surface area contributed by atoms with E-state index in [0.717, 1.165) is 17.4 Å². The predicted molar refractivity (Wildman–Crippen MR) is 60.3 cm³/mol. The number of nitrogens with one attached hydrogen (secondary N) is 1. The van der Waals surface area contributed by atoms with Gasteiger partial charge in [0.05, 0.1) is 12.1 Å². The van der Waals surface area contributed by atoms with E-state index in [1.54, 1.807) is 7.11 Å². The fourth-order valence-electron chi connectivity index (χ4n) is 1.97. The molecule has 0 saturated carbocycles. The number of methoxy groups -OCH3 is 1. The van der Waals surface area contributed by atoms with Crippen molar-refractivity contribution in [1.82, 2.24) is 5.32 Å². The molecular weight excluding hydrogens is 242 g/mol. The monoisotopic (exact) mass is 255 g/mol. The molecule has 1 aromatic rings. The van der Waals surface area contributed by atoms with Crippen LogP contribution in [0.25, 0.3) is 0 Å². The molecule has 2 nitrogen and oxygen atoms in total. The highest BCUT2D eigenvalue weighted by Gasteiger charge is 2.28. The lowest BCUT2D eigenvalue weighted by Gasteiger charge is -2.19. The molecule has 2 rings (SSSR count). The fourth-order valence-corrected chi connectivity index (χ4v) is 2.50. The lowest BCUT2D eigenvalue weighted by atomic mass is 10.0. The molecule has 0 amide bonds. The van der Waals surface area contributed by atoms with Crippen LogP contribution in [0.4, 0.5) is 0 Å². The zero-order valence-electron chi connectivity index (χ0n) is 8.16. The first-order valence-corrected chi connectivity index (χ1v) is 5.63. The molecule has 1 fully saturated rings. The first-order chi connectivity index (χ1) is 6.83. The topological polar surface area (TPSA) is 21.3 Å². The van der Waals surface area contributed by atoms with Gasteiger partial charge in [-0.05, 0) is 24.6 Å². The van der Waals surface area contributed by atoms with Gasteiger partial charge in [0.2, 0.25) is 0 Å². The molecule has 1 N–H and O–H groups in total. The minimum absolute atomic E-state index is 0.300. The van der Waals surface area contributed by atoms with Gasteiger partial charge in [0.15, 0.2) is 0 Å². The Morgan fingerprint density at radius 1 is 1.43 bits per heavy atom. The number of rotatable bonds is 2. The minimum Gasteiger partial charge on any atom is -0.379 e. The van der Waals surface area contributed by atoms with Gasteiger partial charge in [-0.25, -0.2) is 0 Å². The standard InChI is InChI=1S/C11H14BrNO/c1-14-10-6-7-13-11(10)8-4-2-3-5-9(8)12/h2-5,10-11,13H,6-7H2,1H3. The number of hydrogen-bond acceptors (Lipinski definition) is 2. The van der Waals surface area contributed by atoms with Gasteiger partial charge in [-0.15, -0.1) is 0 Å². The van der Waals surface area contributed by atoms with Gasteiger partial charge in [-0.3, -0.25) is 0 Å². The average molecular weight is 256 g/mol. The summed E-state index contributed by atoms with van der Waals surface area (Å²) in [6.07, 6.45) is 1.39. The summed E-state index contributed by atoms with van der Waals surface area (Å²) in [6, 6.07) is 8.63. The molecule has 3 heteroatoms. The number of ether oxygens (including phenoxy) is 1.